The summed E-state index contributed by atoms with van der Waals surface area (Å²) in [6.07, 6.45) is 2.74. The fourth-order valence-electron chi connectivity index (χ4n) is 3.82. The van der Waals surface area contributed by atoms with Crippen molar-refractivity contribution in [2.24, 2.45) is 5.41 Å². The van der Waals surface area contributed by atoms with Gasteiger partial charge in [-0.1, -0.05) is 85.2 Å². The standard InChI is InChI=1S/C26H42N4O4.C3H8/c1-17(24(33)34)13-14-30(9)23(32)21(25(2,3)4)29-22(31)20(28-8)26(5,6)19-12-10-11-18(15-19)16-27-7;1-3-2/h10-13,15,20-21,27-28H,14,16H2,1-9H3,(H,29,31)(H,33,34);3H2,1-2H3/b17-13+;. The number of aliphatic carboxylic acids is 1. The monoisotopic (exact) mass is 518 g/mol. The van der Waals surface area contributed by atoms with Crippen LogP contribution in [0.25, 0.3) is 0 Å². The van der Waals surface area contributed by atoms with Crippen LogP contribution in [0.2, 0.25) is 0 Å². The summed E-state index contributed by atoms with van der Waals surface area (Å²) in [5, 5.41) is 18.3. The molecule has 1 aromatic carbocycles. The average Bonchev–Trinajstić information content (AvgIpc) is 2.80. The van der Waals surface area contributed by atoms with Crippen LogP contribution < -0.4 is 16.0 Å². The Morgan fingerprint density at radius 2 is 1.62 bits per heavy atom. The van der Waals surface area contributed by atoms with E-state index in [1.807, 2.05) is 59.9 Å². The van der Waals surface area contributed by atoms with E-state index in [1.54, 1.807) is 14.1 Å². The van der Waals surface area contributed by atoms with Crippen molar-refractivity contribution in [2.45, 2.75) is 85.9 Å². The lowest BCUT2D eigenvalue weighted by Gasteiger charge is -2.38. The Morgan fingerprint density at radius 3 is 2.08 bits per heavy atom. The molecule has 4 N–H and O–H groups in total. The van der Waals surface area contributed by atoms with Gasteiger partial charge in [0.2, 0.25) is 11.8 Å². The Balaban J connectivity index is 0.00000410. The molecule has 2 atom stereocenters. The smallest absolute Gasteiger partial charge is 0.331 e. The van der Waals surface area contributed by atoms with Gasteiger partial charge in [-0.15, -0.1) is 0 Å². The maximum absolute atomic E-state index is 13.5. The third-order valence-electron chi connectivity index (χ3n) is 6.11. The third-order valence-corrected chi connectivity index (χ3v) is 6.11. The molecule has 1 rings (SSSR count). The van der Waals surface area contributed by atoms with E-state index in [4.69, 9.17) is 5.11 Å². The summed E-state index contributed by atoms with van der Waals surface area (Å²) in [6, 6.07) is 6.74. The number of amides is 2. The number of benzene rings is 1. The van der Waals surface area contributed by atoms with Crippen LogP contribution in [0.15, 0.2) is 35.9 Å². The SMILES string of the molecule is CCC.CNCc1cccc(C(C)(C)C(NC)C(=O)NC(C(=O)N(C)C/C=C(\C)C(=O)O)C(C)(C)C)c1. The van der Waals surface area contributed by atoms with Crippen molar-refractivity contribution in [2.75, 3.05) is 27.7 Å². The summed E-state index contributed by atoms with van der Waals surface area (Å²) in [4.78, 5) is 39.3. The Bertz CT molecular complexity index is 919. The van der Waals surface area contributed by atoms with Crippen LogP contribution in [0.3, 0.4) is 0 Å². The molecule has 0 aromatic heterocycles. The van der Waals surface area contributed by atoms with Gasteiger partial charge in [-0.3, -0.25) is 9.59 Å². The molecule has 0 spiro atoms. The molecule has 8 nitrogen and oxygen atoms in total. The summed E-state index contributed by atoms with van der Waals surface area (Å²) < 4.78 is 0. The minimum atomic E-state index is -1.03. The molecule has 0 aliphatic carbocycles. The molecular formula is C29H50N4O4. The Labute approximate surface area is 224 Å². The zero-order valence-electron chi connectivity index (χ0n) is 24.8. The largest absolute Gasteiger partial charge is 0.478 e. The van der Waals surface area contributed by atoms with Crippen molar-refractivity contribution in [1.29, 1.82) is 0 Å². The summed E-state index contributed by atoms with van der Waals surface area (Å²) in [6.45, 7) is 16.3. The van der Waals surface area contributed by atoms with E-state index in [9.17, 15) is 14.4 Å². The third kappa shape index (κ3) is 10.7. The highest BCUT2D eigenvalue weighted by molar-refractivity contribution is 5.91. The molecular weight excluding hydrogens is 468 g/mol. The molecule has 2 unspecified atom stereocenters. The van der Waals surface area contributed by atoms with E-state index < -0.39 is 28.9 Å². The first-order valence-corrected chi connectivity index (χ1v) is 12.9. The van der Waals surface area contributed by atoms with Crippen LogP contribution >= 0.6 is 0 Å². The van der Waals surface area contributed by atoms with Crippen molar-refractivity contribution < 1.29 is 19.5 Å². The summed E-state index contributed by atoms with van der Waals surface area (Å²) in [5.41, 5.74) is 1.19. The molecule has 2 amide bonds. The first-order valence-electron chi connectivity index (χ1n) is 12.9. The van der Waals surface area contributed by atoms with Gasteiger partial charge in [0, 0.05) is 31.1 Å². The quantitative estimate of drug-likeness (QED) is 0.333. The molecule has 0 heterocycles. The Hall–Kier alpha value is -2.71. The number of carbonyl (C=O) groups is 3. The van der Waals surface area contributed by atoms with Gasteiger partial charge in [0.15, 0.2) is 0 Å². The topological polar surface area (TPSA) is 111 Å². The van der Waals surface area contributed by atoms with E-state index in [-0.39, 0.29) is 23.9 Å². The van der Waals surface area contributed by atoms with Gasteiger partial charge < -0.3 is 26.0 Å². The molecule has 0 radical (unpaired) electrons. The first-order chi connectivity index (χ1) is 17.1. The number of hydrogen-bond acceptors (Lipinski definition) is 5. The molecule has 0 saturated carbocycles. The molecule has 0 aliphatic rings. The molecule has 0 fully saturated rings. The van der Waals surface area contributed by atoms with E-state index in [2.05, 4.69) is 35.9 Å². The molecule has 37 heavy (non-hydrogen) atoms. The number of rotatable bonds is 11. The predicted molar refractivity (Wildman–Crippen MR) is 151 cm³/mol. The van der Waals surface area contributed by atoms with E-state index in [1.165, 1.54) is 24.3 Å². The maximum Gasteiger partial charge on any atom is 0.331 e. The van der Waals surface area contributed by atoms with Crippen molar-refractivity contribution >= 4 is 17.8 Å². The number of carboxylic acid groups (broad SMARTS) is 1. The lowest BCUT2D eigenvalue weighted by molar-refractivity contribution is -0.139. The first kappa shape index (κ1) is 34.3. The molecule has 8 heteroatoms. The number of nitrogens with zero attached hydrogens (tertiary/aromatic N) is 1. The molecule has 210 valence electrons. The number of likely N-dealkylation sites (N-methyl/N-ethyl adjacent to an activating group) is 2. The second-order valence-corrected chi connectivity index (χ2v) is 11.1. The van der Waals surface area contributed by atoms with Crippen LogP contribution in [0.5, 0.6) is 0 Å². The molecule has 0 aliphatic heterocycles. The van der Waals surface area contributed by atoms with Crippen molar-refractivity contribution in [3.8, 4) is 0 Å². The second kappa shape index (κ2) is 15.5. The highest BCUT2D eigenvalue weighted by Crippen LogP contribution is 2.29. The zero-order valence-corrected chi connectivity index (χ0v) is 24.8. The van der Waals surface area contributed by atoms with Crippen molar-refractivity contribution in [3.63, 3.8) is 0 Å². The van der Waals surface area contributed by atoms with Crippen LogP contribution in [0.4, 0.5) is 0 Å². The van der Waals surface area contributed by atoms with Crippen LogP contribution in [-0.4, -0.2) is 67.6 Å². The van der Waals surface area contributed by atoms with Crippen molar-refractivity contribution in [3.05, 3.63) is 47.0 Å². The number of hydrogen-bond donors (Lipinski definition) is 4. The van der Waals surface area contributed by atoms with Gasteiger partial charge in [0.05, 0.1) is 6.04 Å². The predicted octanol–water partition coefficient (Wildman–Crippen LogP) is 3.71. The van der Waals surface area contributed by atoms with E-state index in [0.717, 1.165) is 17.7 Å². The highest BCUT2D eigenvalue weighted by Gasteiger charge is 2.40. The van der Waals surface area contributed by atoms with Gasteiger partial charge in [0.25, 0.3) is 0 Å². The molecule has 0 saturated heterocycles. The van der Waals surface area contributed by atoms with Gasteiger partial charge in [-0.25, -0.2) is 4.79 Å². The fourth-order valence-corrected chi connectivity index (χ4v) is 3.82. The number of carbonyl (C=O) groups excluding carboxylic acids is 2. The number of nitrogens with one attached hydrogen (secondary N) is 3. The van der Waals surface area contributed by atoms with Gasteiger partial charge in [0.1, 0.15) is 6.04 Å². The average molecular weight is 519 g/mol. The zero-order chi connectivity index (χ0) is 29.0. The minimum Gasteiger partial charge on any atom is -0.478 e. The van der Waals surface area contributed by atoms with E-state index >= 15 is 0 Å². The van der Waals surface area contributed by atoms with Gasteiger partial charge >= 0.3 is 5.97 Å². The second-order valence-electron chi connectivity index (χ2n) is 11.1. The van der Waals surface area contributed by atoms with Gasteiger partial charge in [-0.05, 0) is 37.6 Å². The fraction of sp³-hybridized carbons (Fsp3) is 0.621. The minimum absolute atomic E-state index is 0.138. The van der Waals surface area contributed by atoms with Crippen LogP contribution in [0.1, 0.15) is 72.9 Å². The van der Waals surface area contributed by atoms with Gasteiger partial charge in [-0.2, -0.15) is 0 Å². The lowest BCUT2D eigenvalue weighted by atomic mass is 9.76. The van der Waals surface area contributed by atoms with Crippen molar-refractivity contribution in [1.82, 2.24) is 20.9 Å². The summed E-state index contributed by atoms with van der Waals surface area (Å²) >= 11 is 0. The highest BCUT2D eigenvalue weighted by atomic mass is 16.4. The Morgan fingerprint density at radius 1 is 1.05 bits per heavy atom. The Kier molecular flexibility index (Phi) is 14.4. The lowest BCUT2D eigenvalue weighted by Crippen LogP contribution is -2.60. The van der Waals surface area contributed by atoms with E-state index in [0.29, 0.717) is 0 Å². The molecule has 0 bridgehead atoms. The molecule has 1 aromatic rings. The normalized spacial score (nSPS) is 13.6. The summed E-state index contributed by atoms with van der Waals surface area (Å²) in [7, 11) is 5.23. The summed E-state index contributed by atoms with van der Waals surface area (Å²) in [5.74, 6) is -1.58. The number of carboxylic acids is 1. The van der Waals surface area contributed by atoms with Crippen LogP contribution in [0, 0.1) is 5.41 Å². The maximum atomic E-state index is 13.5. The van der Waals surface area contributed by atoms with Crippen LogP contribution in [-0.2, 0) is 26.3 Å².